The molecule has 0 aromatic heterocycles. The van der Waals surface area contributed by atoms with Crippen molar-refractivity contribution < 1.29 is 27.1 Å². The van der Waals surface area contributed by atoms with Crippen LogP contribution in [-0.4, -0.2) is 12.6 Å². The summed E-state index contributed by atoms with van der Waals surface area (Å²) in [5, 5.41) is 0. The molecular formula is C14H8F4O2. The third kappa shape index (κ3) is 3.34. The average molecular weight is 284 g/mol. The van der Waals surface area contributed by atoms with E-state index in [0.717, 1.165) is 24.3 Å². The smallest absolute Gasteiger partial charge is 0.406 e. The molecule has 0 amide bonds. The zero-order valence-electron chi connectivity index (χ0n) is 9.95. The summed E-state index contributed by atoms with van der Waals surface area (Å²) in [6.45, 7) is 0. The fourth-order valence-corrected chi connectivity index (χ4v) is 1.75. The maximum Gasteiger partial charge on any atom is 0.573 e. The first-order valence-electron chi connectivity index (χ1n) is 5.50. The molecule has 20 heavy (non-hydrogen) atoms. The van der Waals surface area contributed by atoms with Gasteiger partial charge in [-0.1, -0.05) is 18.2 Å². The number of hydrogen-bond acceptors (Lipinski definition) is 2. The van der Waals surface area contributed by atoms with Crippen molar-refractivity contribution in [2.75, 3.05) is 0 Å². The number of carbonyl (C=O) groups excluding carboxylic acids is 1. The average Bonchev–Trinajstić information content (AvgIpc) is 2.36. The molecular weight excluding hydrogens is 276 g/mol. The molecule has 0 heterocycles. The van der Waals surface area contributed by atoms with Crippen molar-refractivity contribution in [1.82, 2.24) is 0 Å². The Morgan fingerprint density at radius 3 is 2.45 bits per heavy atom. The highest BCUT2D eigenvalue weighted by Crippen LogP contribution is 2.29. The zero-order valence-corrected chi connectivity index (χ0v) is 9.95. The van der Waals surface area contributed by atoms with E-state index in [0.29, 0.717) is 17.4 Å². The molecule has 0 bridgehead atoms. The maximum absolute atomic E-state index is 13.0. The summed E-state index contributed by atoms with van der Waals surface area (Å²) in [4.78, 5) is 10.9. The van der Waals surface area contributed by atoms with Crippen LogP contribution in [0.15, 0.2) is 42.5 Å². The van der Waals surface area contributed by atoms with Crippen molar-refractivity contribution >= 4 is 6.29 Å². The lowest BCUT2D eigenvalue weighted by Gasteiger charge is -2.11. The minimum Gasteiger partial charge on any atom is -0.406 e. The topological polar surface area (TPSA) is 26.3 Å². The minimum atomic E-state index is -4.80. The number of hydrogen-bond donors (Lipinski definition) is 0. The molecule has 0 atom stereocenters. The predicted molar refractivity (Wildman–Crippen MR) is 63.9 cm³/mol. The first-order chi connectivity index (χ1) is 9.39. The highest BCUT2D eigenvalue weighted by atomic mass is 19.4. The molecule has 2 aromatic carbocycles. The zero-order chi connectivity index (χ0) is 14.8. The van der Waals surface area contributed by atoms with Crippen molar-refractivity contribution in [3.8, 4) is 16.9 Å². The van der Waals surface area contributed by atoms with Crippen LogP contribution in [0.4, 0.5) is 17.6 Å². The normalized spacial score (nSPS) is 11.2. The molecule has 104 valence electrons. The van der Waals surface area contributed by atoms with Gasteiger partial charge in [0.15, 0.2) is 6.29 Å². The lowest BCUT2D eigenvalue weighted by molar-refractivity contribution is -0.274. The Morgan fingerprint density at radius 1 is 1.05 bits per heavy atom. The third-order valence-electron chi connectivity index (χ3n) is 2.52. The second-order valence-corrected chi connectivity index (χ2v) is 3.93. The van der Waals surface area contributed by atoms with Crippen LogP contribution in [0, 0.1) is 5.82 Å². The number of rotatable bonds is 3. The van der Waals surface area contributed by atoms with E-state index >= 15 is 0 Å². The van der Waals surface area contributed by atoms with Gasteiger partial charge < -0.3 is 4.74 Å². The van der Waals surface area contributed by atoms with Crippen LogP contribution in [0.3, 0.4) is 0 Å². The molecule has 0 aliphatic rings. The molecule has 0 spiro atoms. The quantitative estimate of drug-likeness (QED) is 0.623. The van der Waals surface area contributed by atoms with Gasteiger partial charge in [0, 0.05) is 5.56 Å². The minimum absolute atomic E-state index is 0.0501. The van der Waals surface area contributed by atoms with Gasteiger partial charge in [-0.3, -0.25) is 4.79 Å². The largest absolute Gasteiger partial charge is 0.573 e. The van der Waals surface area contributed by atoms with Crippen LogP contribution in [0.2, 0.25) is 0 Å². The first kappa shape index (κ1) is 14.0. The Morgan fingerprint density at radius 2 is 1.80 bits per heavy atom. The highest BCUT2D eigenvalue weighted by molar-refractivity contribution is 5.87. The standard InChI is InChI=1S/C14H8F4O2/c15-11-4-5-13(10(6-11)8-19)9-2-1-3-12(7-9)20-14(16,17)18/h1-8H. The summed E-state index contributed by atoms with van der Waals surface area (Å²) < 4.78 is 53.3. The van der Waals surface area contributed by atoms with Gasteiger partial charge in [-0.15, -0.1) is 13.2 Å². The number of halogens is 4. The number of ether oxygens (including phenoxy) is 1. The SMILES string of the molecule is O=Cc1cc(F)ccc1-c1cccc(OC(F)(F)F)c1. The lowest BCUT2D eigenvalue weighted by atomic mass is 10.00. The molecule has 0 fully saturated rings. The van der Waals surface area contributed by atoms with Crippen molar-refractivity contribution in [2.45, 2.75) is 6.36 Å². The summed E-state index contributed by atoms with van der Waals surface area (Å²) in [7, 11) is 0. The van der Waals surface area contributed by atoms with Gasteiger partial charge in [0.05, 0.1) is 0 Å². The summed E-state index contributed by atoms with van der Waals surface area (Å²) in [5.74, 6) is -1.00. The van der Waals surface area contributed by atoms with E-state index in [1.165, 1.54) is 18.2 Å². The Balaban J connectivity index is 2.43. The summed E-state index contributed by atoms with van der Waals surface area (Å²) in [6, 6.07) is 8.59. The van der Waals surface area contributed by atoms with Gasteiger partial charge in [0.1, 0.15) is 11.6 Å². The number of carbonyl (C=O) groups is 1. The van der Waals surface area contributed by atoms with Crippen molar-refractivity contribution in [3.05, 3.63) is 53.8 Å². The van der Waals surface area contributed by atoms with Crippen molar-refractivity contribution in [2.24, 2.45) is 0 Å². The van der Waals surface area contributed by atoms with Gasteiger partial charge in [-0.05, 0) is 35.4 Å². The van der Waals surface area contributed by atoms with E-state index in [-0.39, 0.29) is 5.56 Å². The fourth-order valence-electron chi connectivity index (χ4n) is 1.75. The van der Waals surface area contributed by atoms with Crippen LogP contribution in [-0.2, 0) is 0 Å². The van der Waals surface area contributed by atoms with Gasteiger partial charge in [-0.2, -0.15) is 0 Å². The molecule has 2 nitrogen and oxygen atoms in total. The summed E-state index contributed by atoms with van der Waals surface area (Å²) in [5.41, 5.74) is 0.706. The molecule has 0 unspecified atom stereocenters. The number of aldehydes is 1. The number of benzene rings is 2. The molecule has 0 aliphatic carbocycles. The van der Waals surface area contributed by atoms with E-state index in [4.69, 9.17) is 0 Å². The molecule has 0 aliphatic heterocycles. The van der Waals surface area contributed by atoms with E-state index in [2.05, 4.69) is 4.74 Å². The van der Waals surface area contributed by atoms with E-state index < -0.39 is 17.9 Å². The van der Waals surface area contributed by atoms with Gasteiger partial charge in [0.25, 0.3) is 0 Å². The van der Waals surface area contributed by atoms with Crippen LogP contribution >= 0.6 is 0 Å². The second kappa shape index (κ2) is 5.32. The van der Waals surface area contributed by atoms with Gasteiger partial charge in [0.2, 0.25) is 0 Å². The van der Waals surface area contributed by atoms with Crippen LogP contribution in [0.25, 0.3) is 11.1 Å². The maximum atomic E-state index is 13.0. The molecule has 2 rings (SSSR count). The Bertz CT molecular complexity index is 635. The predicted octanol–water partition coefficient (Wildman–Crippen LogP) is 4.20. The molecule has 2 aromatic rings. The molecule has 0 saturated heterocycles. The van der Waals surface area contributed by atoms with Gasteiger partial charge in [-0.25, -0.2) is 4.39 Å². The first-order valence-corrected chi connectivity index (χ1v) is 5.50. The van der Waals surface area contributed by atoms with Gasteiger partial charge >= 0.3 is 6.36 Å². The van der Waals surface area contributed by atoms with E-state index in [9.17, 15) is 22.4 Å². The Kier molecular flexibility index (Phi) is 3.74. The third-order valence-corrected chi connectivity index (χ3v) is 2.52. The van der Waals surface area contributed by atoms with Crippen LogP contribution in [0.5, 0.6) is 5.75 Å². The second-order valence-electron chi connectivity index (χ2n) is 3.93. The molecule has 0 radical (unpaired) electrons. The van der Waals surface area contributed by atoms with E-state index in [1.807, 2.05) is 0 Å². The summed E-state index contributed by atoms with van der Waals surface area (Å²) in [6.07, 6.45) is -4.36. The molecule has 0 saturated carbocycles. The van der Waals surface area contributed by atoms with Crippen molar-refractivity contribution in [1.29, 1.82) is 0 Å². The molecule has 0 N–H and O–H groups in total. The highest BCUT2D eigenvalue weighted by Gasteiger charge is 2.31. The molecule has 6 heteroatoms. The van der Waals surface area contributed by atoms with E-state index in [1.54, 1.807) is 0 Å². The van der Waals surface area contributed by atoms with Crippen LogP contribution < -0.4 is 4.74 Å². The van der Waals surface area contributed by atoms with Crippen molar-refractivity contribution in [3.63, 3.8) is 0 Å². The Labute approximate surface area is 111 Å². The summed E-state index contributed by atoms with van der Waals surface area (Å²) >= 11 is 0. The fraction of sp³-hybridized carbons (Fsp3) is 0.0714. The number of alkyl halides is 3. The monoisotopic (exact) mass is 284 g/mol. The van der Waals surface area contributed by atoms with Crippen LogP contribution in [0.1, 0.15) is 10.4 Å². The Hall–Kier alpha value is -2.37. The lowest BCUT2D eigenvalue weighted by Crippen LogP contribution is -2.17.